The number of rotatable bonds is 2. The first-order valence-corrected chi connectivity index (χ1v) is 7.62. The number of fused-ring (bicyclic) bond motifs is 1. The fourth-order valence-corrected chi connectivity index (χ4v) is 3.30. The summed E-state index contributed by atoms with van der Waals surface area (Å²) in [5.74, 6) is -1.34. The molecule has 0 fully saturated rings. The Bertz CT molecular complexity index is 787. The van der Waals surface area contributed by atoms with Gasteiger partial charge in [0.15, 0.2) is 0 Å². The third kappa shape index (κ3) is 2.94. The van der Waals surface area contributed by atoms with Gasteiger partial charge in [-0.25, -0.2) is 9.79 Å². The highest BCUT2D eigenvalue weighted by atomic mass is 32.2. The Morgan fingerprint density at radius 1 is 1.41 bits per heavy atom. The molecule has 0 saturated carbocycles. The molecule has 1 aromatic carbocycles. The predicted octanol–water partition coefficient (Wildman–Crippen LogP) is 3.00. The SMILES string of the molecule is Cc1cccc(/C=C2/SC3C=CC(C(=O)O)=CC3=NC2=O)c1. The van der Waals surface area contributed by atoms with Crippen LogP contribution < -0.4 is 0 Å². The van der Waals surface area contributed by atoms with Gasteiger partial charge in [-0.3, -0.25) is 4.79 Å². The number of hydrogen-bond acceptors (Lipinski definition) is 3. The summed E-state index contributed by atoms with van der Waals surface area (Å²) in [6, 6.07) is 7.87. The molecule has 0 spiro atoms. The Hall–Kier alpha value is -2.40. The number of thioether (sulfide) groups is 1. The summed E-state index contributed by atoms with van der Waals surface area (Å²) in [4.78, 5) is 27.7. The van der Waals surface area contributed by atoms with Crippen molar-refractivity contribution in [2.24, 2.45) is 4.99 Å². The highest BCUT2D eigenvalue weighted by molar-refractivity contribution is 8.05. The Kier molecular flexibility index (Phi) is 3.81. The molecule has 1 N–H and O–H groups in total. The monoisotopic (exact) mass is 311 g/mol. The maximum atomic E-state index is 12.1. The molecule has 1 aliphatic heterocycles. The summed E-state index contributed by atoms with van der Waals surface area (Å²) in [7, 11) is 0. The average molecular weight is 311 g/mol. The highest BCUT2D eigenvalue weighted by Gasteiger charge is 2.28. The van der Waals surface area contributed by atoms with Crippen LogP contribution in [0.3, 0.4) is 0 Å². The maximum Gasteiger partial charge on any atom is 0.335 e. The molecule has 1 aromatic rings. The van der Waals surface area contributed by atoms with Gasteiger partial charge in [-0.2, -0.15) is 0 Å². The fourth-order valence-electron chi connectivity index (χ4n) is 2.27. The minimum atomic E-state index is -1.02. The van der Waals surface area contributed by atoms with Crippen LogP contribution in [0.4, 0.5) is 0 Å². The number of allylic oxidation sites excluding steroid dienone is 1. The second kappa shape index (κ2) is 5.77. The van der Waals surface area contributed by atoms with E-state index in [1.807, 2.05) is 37.3 Å². The van der Waals surface area contributed by atoms with Gasteiger partial charge in [0.05, 0.1) is 21.4 Å². The number of nitrogens with zero attached hydrogens (tertiary/aromatic N) is 1. The van der Waals surface area contributed by atoms with Gasteiger partial charge < -0.3 is 5.11 Å². The van der Waals surface area contributed by atoms with Crippen molar-refractivity contribution in [3.8, 4) is 0 Å². The summed E-state index contributed by atoms with van der Waals surface area (Å²) in [6.45, 7) is 2.00. The molecule has 3 rings (SSSR count). The number of hydrogen-bond donors (Lipinski definition) is 1. The smallest absolute Gasteiger partial charge is 0.335 e. The number of aliphatic imine (C=N–C) groups is 1. The van der Waals surface area contributed by atoms with Crippen molar-refractivity contribution in [2.75, 3.05) is 0 Å². The fraction of sp³-hybridized carbons (Fsp3) is 0.118. The van der Waals surface area contributed by atoms with E-state index in [0.29, 0.717) is 10.6 Å². The second-order valence-electron chi connectivity index (χ2n) is 5.07. The number of benzene rings is 1. The largest absolute Gasteiger partial charge is 0.478 e. The first-order chi connectivity index (χ1) is 10.5. The van der Waals surface area contributed by atoms with Gasteiger partial charge in [0.2, 0.25) is 0 Å². The molecule has 110 valence electrons. The van der Waals surface area contributed by atoms with Crippen LogP contribution in [0.5, 0.6) is 0 Å². The summed E-state index contributed by atoms with van der Waals surface area (Å²) >= 11 is 1.39. The van der Waals surface area contributed by atoms with Crippen LogP contribution in [0.25, 0.3) is 6.08 Å². The molecule has 0 radical (unpaired) electrons. The van der Waals surface area contributed by atoms with Crippen LogP contribution in [0.2, 0.25) is 0 Å². The number of carboxylic acid groups (broad SMARTS) is 1. The van der Waals surface area contributed by atoms with Gasteiger partial charge in [-0.15, -0.1) is 11.8 Å². The van der Waals surface area contributed by atoms with Gasteiger partial charge in [0.1, 0.15) is 0 Å². The van der Waals surface area contributed by atoms with Crippen molar-refractivity contribution in [3.63, 3.8) is 0 Å². The lowest BCUT2D eigenvalue weighted by atomic mass is 10.0. The van der Waals surface area contributed by atoms with E-state index in [4.69, 9.17) is 5.11 Å². The van der Waals surface area contributed by atoms with Gasteiger partial charge >= 0.3 is 5.97 Å². The molecule has 1 atom stereocenters. The Balaban J connectivity index is 1.92. The van der Waals surface area contributed by atoms with E-state index < -0.39 is 5.97 Å². The number of aryl methyl sites for hydroxylation is 1. The maximum absolute atomic E-state index is 12.1. The molecule has 22 heavy (non-hydrogen) atoms. The second-order valence-corrected chi connectivity index (χ2v) is 6.25. The van der Waals surface area contributed by atoms with Crippen molar-refractivity contribution in [3.05, 3.63) is 64.1 Å². The number of carboxylic acids is 1. The molecule has 0 saturated heterocycles. The summed E-state index contributed by atoms with van der Waals surface area (Å²) in [6.07, 6.45) is 6.61. The van der Waals surface area contributed by atoms with Gasteiger partial charge in [-0.05, 0) is 24.6 Å². The molecule has 1 amide bonds. The molecule has 2 aliphatic rings. The molecule has 1 unspecified atom stereocenters. The Morgan fingerprint density at radius 2 is 2.23 bits per heavy atom. The molecular weight excluding hydrogens is 298 g/mol. The third-order valence-corrected chi connectivity index (χ3v) is 4.53. The lowest BCUT2D eigenvalue weighted by Crippen LogP contribution is -2.24. The van der Waals surface area contributed by atoms with E-state index in [9.17, 15) is 9.59 Å². The van der Waals surface area contributed by atoms with Crippen LogP contribution in [-0.2, 0) is 9.59 Å². The van der Waals surface area contributed by atoms with Crippen molar-refractivity contribution in [2.45, 2.75) is 12.2 Å². The molecule has 5 heteroatoms. The zero-order valence-electron chi connectivity index (χ0n) is 11.8. The minimum absolute atomic E-state index is 0.114. The molecule has 1 heterocycles. The quantitative estimate of drug-likeness (QED) is 0.853. The molecule has 0 bridgehead atoms. The van der Waals surface area contributed by atoms with E-state index in [2.05, 4.69) is 4.99 Å². The zero-order chi connectivity index (χ0) is 15.7. The van der Waals surface area contributed by atoms with Crippen molar-refractivity contribution < 1.29 is 14.7 Å². The van der Waals surface area contributed by atoms with Crippen LogP contribution in [-0.4, -0.2) is 27.9 Å². The normalized spacial score (nSPS) is 22.1. The van der Waals surface area contributed by atoms with Gasteiger partial charge in [0, 0.05) is 0 Å². The first-order valence-electron chi connectivity index (χ1n) is 6.74. The average Bonchev–Trinajstić information content (AvgIpc) is 2.47. The van der Waals surface area contributed by atoms with E-state index >= 15 is 0 Å². The lowest BCUT2D eigenvalue weighted by Gasteiger charge is -2.21. The van der Waals surface area contributed by atoms with Gasteiger partial charge in [0.25, 0.3) is 5.91 Å². The van der Waals surface area contributed by atoms with Crippen molar-refractivity contribution in [1.29, 1.82) is 0 Å². The van der Waals surface area contributed by atoms with E-state index in [-0.39, 0.29) is 16.7 Å². The van der Waals surface area contributed by atoms with E-state index in [0.717, 1.165) is 11.1 Å². The van der Waals surface area contributed by atoms with Crippen LogP contribution in [0.15, 0.2) is 58.0 Å². The molecular formula is C17H13NO3S. The molecule has 1 aliphatic carbocycles. The molecule has 4 nitrogen and oxygen atoms in total. The summed E-state index contributed by atoms with van der Waals surface area (Å²) in [5.41, 5.74) is 2.72. The highest BCUT2D eigenvalue weighted by Crippen LogP contribution is 2.33. The van der Waals surface area contributed by atoms with E-state index in [1.165, 1.54) is 17.8 Å². The number of carbonyl (C=O) groups excluding carboxylic acids is 1. The Labute approximate surface area is 132 Å². The lowest BCUT2D eigenvalue weighted by molar-refractivity contribution is -0.132. The van der Waals surface area contributed by atoms with Crippen LogP contribution in [0, 0.1) is 6.92 Å². The summed E-state index contributed by atoms with van der Waals surface area (Å²) in [5, 5.41) is 8.88. The predicted molar refractivity (Wildman–Crippen MR) is 87.8 cm³/mol. The third-order valence-electron chi connectivity index (χ3n) is 3.33. The van der Waals surface area contributed by atoms with Crippen molar-refractivity contribution in [1.82, 2.24) is 0 Å². The van der Waals surface area contributed by atoms with Gasteiger partial charge in [-0.1, -0.05) is 42.0 Å². The minimum Gasteiger partial charge on any atom is -0.478 e. The van der Waals surface area contributed by atoms with Crippen LogP contribution >= 0.6 is 11.8 Å². The van der Waals surface area contributed by atoms with E-state index in [1.54, 1.807) is 12.2 Å². The zero-order valence-corrected chi connectivity index (χ0v) is 12.6. The number of carbonyl (C=O) groups is 2. The Morgan fingerprint density at radius 3 is 2.95 bits per heavy atom. The topological polar surface area (TPSA) is 66.7 Å². The van der Waals surface area contributed by atoms with Crippen molar-refractivity contribution >= 4 is 35.4 Å². The summed E-state index contributed by atoms with van der Waals surface area (Å²) < 4.78 is 0. The molecule has 0 aromatic heterocycles. The standard InChI is InChI=1S/C17H13NO3S/c1-10-3-2-4-11(7-10)8-15-16(19)18-13-9-12(17(20)21)5-6-14(13)22-15/h2-9,14H,1H3,(H,20,21)/b15-8+. The van der Waals surface area contributed by atoms with Crippen LogP contribution in [0.1, 0.15) is 11.1 Å². The number of aliphatic carboxylic acids is 1. The number of amides is 1. The first kappa shape index (κ1) is 14.5.